The molecule has 0 saturated heterocycles. The van der Waals surface area contributed by atoms with Crippen LogP contribution in [0, 0.1) is 0 Å². The highest BCUT2D eigenvalue weighted by molar-refractivity contribution is 7.47. The largest absolute Gasteiger partial charge is 0.472 e. The third-order valence-corrected chi connectivity index (χ3v) is 10.4. The number of hydrogen-bond donors (Lipinski definition) is 3. The summed E-state index contributed by atoms with van der Waals surface area (Å²) in [6.45, 7) is 2.30. The van der Waals surface area contributed by atoms with Crippen LogP contribution in [0.1, 0.15) is 194 Å². The molecule has 0 heterocycles. The standard InChI is InChI=1S/C46H83O10P/c1-3-5-7-9-11-13-15-17-19-21-23-25-27-29-31-33-35-37-45(49)53-41-44(42-55-57(51,52)54-40-43(48)39-47)56-46(50)38-36-34-32-30-28-26-24-22-20-18-16-14-12-10-8-6-4-2/h12,14,18,20,23,25,29,31,43-44,47-48H,3-11,13,15-17,19,21-22,24,26-28,30,32-42H2,1-2H3,(H,51,52)/b14-12+,20-18+,25-23+,31-29+/t43-,44+/m0/s1. The first-order valence-corrected chi connectivity index (χ1v) is 24.1. The fraction of sp³-hybridized carbons (Fsp3) is 0.783. The Morgan fingerprint density at radius 3 is 1.44 bits per heavy atom. The molecule has 0 saturated carbocycles. The second-order valence-corrected chi connectivity index (χ2v) is 16.5. The van der Waals surface area contributed by atoms with Gasteiger partial charge in [0.2, 0.25) is 0 Å². The van der Waals surface area contributed by atoms with E-state index in [1.165, 1.54) is 96.3 Å². The van der Waals surface area contributed by atoms with Gasteiger partial charge in [-0.2, -0.15) is 0 Å². The van der Waals surface area contributed by atoms with Crippen molar-refractivity contribution in [1.82, 2.24) is 0 Å². The van der Waals surface area contributed by atoms with Crippen LogP contribution in [0.3, 0.4) is 0 Å². The number of ether oxygens (including phenoxy) is 2. The lowest BCUT2D eigenvalue weighted by Crippen LogP contribution is -2.29. The van der Waals surface area contributed by atoms with Crippen LogP contribution in [0.2, 0.25) is 0 Å². The molecule has 332 valence electrons. The Hall–Kier alpha value is -2.07. The highest BCUT2D eigenvalue weighted by atomic mass is 31.2. The predicted molar refractivity (Wildman–Crippen MR) is 233 cm³/mol. The van der Waals surface area contributed by atoms with Gasteiger partial charge >= 0.3 is 19.8 Å². The Bertz CT molecular complexity index is 1090. The summed E-state index contributed by atoms with van der Waals surface area (Å²) >= 11 is 0. The number of phosphoric ester groups is 1. The first-order valence-electron chi connectivity index (χ1n) is 22.6. The van der Waals surface area contributed by atoms with Gasteiger partial charge in [0.1, 0.15) is 12.7 Å². The number of esters is 2. The average Bonchev–Trinajstić information content (AvgIpc) is 3.20. The lowest BCUT2D eigenvalue weighted by Gasteiger charge is -2.20. The maximum Gasteiger partial charge on any atom is 0.472 e. The molecule has 0 aliphatic heterocycles. The number of rotatable bonds is 42. The molecule has 0 aliphatic carbocycles. The molecular formula is C46H83O10P. The molecule has 3 atom stereocenters. The first-order chi connectivity index (χ1) is 27.7. The lowest BCUT2D eigenvalue weighted by atomic mass is 10.1. The van der Waals surface area contributed by atoms with Crippen molar-refractivity contribution in [2.45, 2.75) is 206 Å². The summed E-state index contributed by atoms with van der Waals surface area (Å²) in [6, 6.07) is 0. The SMILES string of the molecule is CCCCC/C=C/C/C=C/CCCCCCCCCC(=O)O[C@H](COC(=O)CCC/C=C/C/C=C/CCCCCCCCCCC)COP(=O)(O)OC[C@@H](O)CO. The van der Waals surface area contributed by atoms with Crippen molar-refractivity contribution in [3.8, 4) is 0 Å². The van der Waals surface area contributed by atoms with Crippen LogP contribution >= 0.6 is 7.82 Å². The molecule has 0 aliphatic rings. The second kappa shape index (κ2) is 42.1. The van der Waals surface area contributed by atoms with Gasteiger partial charge in [0, 0.05) is 12.8 Å². The highest BCUT2D eigenvalue weighted by Gasteiger charge is 2.27. The van der Waals surface area contributed by atoms with Gasteiger partial charge < -0.3 is 24.6 Å². The number of carbonyl (C=O) groups excluding carboxylic acids is 2. The first kappa shape index (κ1) is 54.9. The molecule has 1 unspecified atom stereocenters. The van der Waals surface area contributed by atoms with E-state index >= 15 is 0 Å². The molecule has 0 fully saturated rings. The molecule has 0 aromatic carbocycles. The Morgan fingerprint density at radius 1 is 0.526 bits per heavy atom. The maximum atomic E-state index is 12.6. The molecule has 11 heteroatoms. The zero-order chi connectivity index (χ0) is 41.9. The fourth-order valence-corrected chi connectivity index (χ4v) is 6.73. The van der Waals surface area contributed by atoms with E-state index < -0.39 is 51.8 Å². The molecular weight excluding hydrogens is 743 g/mol. The molecule has 3 N–H and O–H groups in total. The Kier molecular flexibility index (Phi) is 40.5. The number of unbranched alkanes of at least 4 members (excludes halogenated alkanes) is 20. The van der Waals surface area contributed by atoms with Crippen LogP contribution in [-0.2, 0) is 32.7 Å². The third kappa shape index (κ3) is 41.9. The molecule has 10 nitrogen and oxygen atoms in total. The second-order valence-electron chi connectivity index (χ2n) is 15.1. The van der Waals surface area contributed by atoms with Gasteiger partial charge in [-0.15, -0.1) is 0 Å². The molecule has 0 rings (SSSR count). The van der Waals surface area contributed by atoms with E-state index in [1.54, 1.807) is 0 Å². The number of hydrogen-bond acceptors (Lipinski definition) is 9. The smallest absolute Gasteiger partial charge is 0.462 e. The normalized spacial score (nSPS) is 14.3. The van der Waals surface area contributed by atoms with Crippen LogP contribution < -0.4 is 0 Å². The zero-order valence-corrected chi connectivity index (χ0v) is 36.9. The van der Waals surface area contributed by atoms with Crippen molar-refractivity contribution in [3.05, 3.63) is 48.6 Å². The number of carbonyl (C=O) groups is 2. The van der Waals surface area contributed by atoms with Crippen LogP contribution in [-0.4, -0.2) is 65.7 Å². The molecule has 0 aromatic rings. The van der Waals surface area contributed by atoms with Crippen LogP contribution in [0.5, 0.6) is 0 Å². The number of phosphoric acid groups is 1. The van der Waals surface area contributed by atoms with E-state index in [1.807, 2.05) is 0 Å². The minimum atomic E-state index is -4.63. The summed E-state index contributed by atoms with van der Waals surface area (Å²) in [7, 11) is -4.63. The van der Waals surface area contributed by atoms with Crippen LogP contribution in [0.25, 0.3) is 0 Å². The van der Waals surface area contributed by atoms with Gasteiger partial charge in [-0.05, 0) is 70.6 Å². The zero-order valence-electron chi connectivity index (χ0n) is 36.0. The quantitative estimate of drug-likeness (QED) is 0.0235. The van der Waals surface area contributed by atoms with E-state index in [0.29, 0.717) is 12.8 Å². The van der Waals surface area contributed by atoms with Crippen molar-refractivity contribution in [2.75, 3.05) is 26.4 Å². The van der Waals surface area contributed by atoms with Crippen LogP contribution in [0.15, 0.2) is 48.6 Å². The van der Waals surface area contributed by atoms with Crippen molar-refractivity contribution in [2.24, 2.45) is 0 Å². The van der Waals surface area contributed by atoms with Gasteiger partial charge in [0.25, 0.3) is 0 Å². The lowest BCUT2D eigenvalue weighted by molar-refractivity contribution is -0.161. The average molecular weight is 827 g/mol. The van der Waals surface area contributed by atoms with E-state index in [4.69, 9.17) is 19.1 Å². The molecule has 0 spiro atoms. The molecule has 0 amide bonds. The summed E-state index contributed by atoms with van der Waals surface area (Å²) < 4.78 is 32.7. The van der Waals surface area contributed by atoms with Gasteiger partial charge in [0.15, 0.2) is 6.10 Å². The number of allylic oxidation sites excluding steroid dienone is 8. The van der Waals surface area contributed by atoms with E-state index in [-0.39, 0.29) is 19.4 Å². The van der Waals surface area contributed by atoms with E-state index in [9.17, 15) is 24.2 Å². The number of aliphatic hydroxyl groups excluding tert-OH is 2. The topological polar surface area (TPSA) is 149 Å². The van der Waals surface area contributed by atoms with Gasteiger partial charge in [-0.1, -0.05) is 159 Å². The monoisotopic (exact) mass is 827 g/mol. The van der Waals surface area contributed by atoms with Crippen molar-refractivity contribution >= 4 is 19.8 Å². The Balaban J connectivity index is 4.35. The Morgan fingerprint density at radius 2 is 0.930 bits per heavy atom. The molecule has 0 aromatic heterocycles. The van der Waals surface area contributed by atoms with Gasteiger partial charge in [0.05, 0.1) is 19.8 Å². The summed E-state index contributed by atoms with van der Waals surface area (Å²) in [6.07, 6.45) is 45.1. The summed E-state index contributed by atoms with van der Waals surface area (Å²) in [5.41, 5.74) is 0. The van der Waals surface area contributed by atoms with Crippen molar-refractivity contribution in [1.29, 1.82) is 0 Å². The maximum absolute atomic E-state index is 12.6. The summed E-state index contributed by atoms with van der Waals surface area (Å²) in [5.74, 6) is -0.986. The van der Waals surface area contributed by atoms with E-state index in [0.717, 1.165) is 57.8 Å². The highest BCUT2D eigenvalue weighted by Crippen LogP contribution is 2.43. The fourth-order valence-electron chi connectivity index (χ4n) is 5.94. The minimum Gasteiger partial charge on any atom is -0.462 e. The molecule has 0 radical (unpaired) electrons. The van der Waals surface area contributed by atoms with Crippen molar-refractivity contribution < 1.29 is 47.8 Å². The molecule has 57 heavy (non-hydrogen) atoms. The minimum absolute atomic E-state index is 0.166. The Labute approximate surface area is 347 Å². The van der Waals surface area contributed by atoms with Crippen LogP contribution in [0.4, 0.5) is 0 Å². The van der Waals surface area contributed by atoms with Crippen molar-refractivity contribution in [3.63, 3.8) is 0 Å². The predicted octanol–water partition coefficient (Wildman–Crippen LogP) is 12.1. The summed E-state index contributed by atoms with van der Waals surface area (Å²) in [4.78, 5) is 35.0. The summed E-state index contributed by atoms with van der Waals surface area (Å²) in [5, 5.41) is 18.3. The third-order valence-electron chi connectivity index (χ3n) is 9.46. The van der Waals surface area contributed by atoms with E-state index in [2.05, 4.69) is 67.0 Å². The van der Waals surface area contributed by atoms with Gasteiger partial charge in [-0.25, -0.2) is 4.57 Å². The number of aliphatic hydroxyl groups is 2. The van der Waals surface area contributed by atoms with Gasteiger partial charge in [-0.3, -0.25) is 18.6 Å². The molecule has 0 bridgehead atoms.